The monoisotopic (exact) mass is 447 g/mol. The SMILES string of the molecule is CNc1ccc(-c2ccc3c(CCCN4CCSCC4)cn(-c4cnn(C)c4)c3n2)cn1. The molecule has 32 heavy (non-hydrogen) atoms. The quantitative estimate of drug-likeness (QED) is 0.464. The summed E-state index contributed by atoms with van der Waals surface area (Å²) in [5.74, 6) is 3.37. The smallest absolute Gasteiger partial charge is 0.145 e. The van der Waals surface area contributed by atoms with Crippen molar-refractivity contribution >= 4 is 28.6 Å². The molecule has 166 valence electrons. The summed E-state index contributed by atoms with van der Waals surface area (Å²) in [6, 6.07) is 8.36. The van der Waals surface area contributed by atoms with E-state index in [-0.39, 0.29) is 0 Å². The number of nitrogens with one attached hydrogen (secondary N) is 1. The molecule has 0 saturated carbocycles. The molecule has 4 aromatic rings. The Hall–Kier alpha value is -2.84. The summed E-state index contributed by atoms with van der Waals surface area (Å²) in [6.45, 7) is 3.59. The molecule has 0 spiro atoms. The molecule has 1 aliphatic rings. The molecule has 1 aliphatic heterocycles. The zero-order valence-corrected chi connectivity index (χ0v) is 19.5. The highest BCUT2D eigenvalue weighted by molar-refractivity contribution is 7.99. The molecule has 4 aromatic heterocycles. The molecule has 1 saturated heterocycles. The van der Waals surface area contributed by atoms with Crippen LogP contribution in [0.1, 0.15) is 12.0 Å². The van der Waals surface area contributed by atoms with Crippen molar-refractivity contribution in [1.29, 1.82) is 0 Å². The number of hydrogen-bond donors (Lipinski definition) is 1. The van der Waals surface area contributed by atoms with E-state index in [4.69, 9.17) is 4.98 Å². The molecule has 0 aliphatic carbocycles. The van der Waals surface area contributed by atoms with Gasteiger partial charge in [0.05, 0.1) is 17.6 Å². The molecule has 0 aromatic carbocycles. The molecule has 8 heteroatoms. The Labute approximate surface area is 192 Å². The van der Waals surface area contributed by atoms with Gasteiger partial charge in [0.25, 0.3) is 0 Å². The van der Waals surface area contributed by atoms with Crippen molar-refractivity contribution in [2.24, 2.45) is 7.05 Å². The Kier molecular flexibility index (Phi) is 6.14. The van der Waals surface area contributed by atoms with Crippen molar-refractivity contribution in [3.8, 4) is 16.9 Å². The molecular formula is C24H29N7S. The molecule has 7 nitrogen and oxygen atoms in total. The third-order valence-electron chi connectivity index (χ3n) is 6.04. The Morgan fingerprint density at radius 2 is 1.94 bits per heavy atom. The van der Waals surface area contributed by atoms with Crippen molar-refractivity contribution in [2.45, 2.75) is 12.8 Å². The fraction of sp³-hybridized carbons (Fsp3) is 0.375. The first-order valence-corrected chi connectivity index (χ1v) is 12.3. The fourth-order valence-corrected chi connectivity index (χ4v) is 5.25. The summed E-state index contributed by atoms with van der Waals surface area (Å²) < 4.78 is 4.01. The van der Waals surface area contributed by atoms with Crippen LogP contribution in [0.5, 0.6) is 0 Å². The van der Waals surface area contributed by atoms with Gasteiger partial charge in [-0.15, -0.1) is 0 Å². The number of nitrogens with zero attached hydrogens (tertiary/aromatic N) is 6. The van der Waals surface area contributed by atoms with Gasteiger partial charge in [-0.25, -0.2) is 9.97 Å². The summed E-state index contributed by atoms with van der Waals surface area (Å²) in [5, 5.41) is 8.65. The van der Waals surface area contributed by atoms with Gasteiger partial charge in [-0.2, -0.15) is 16.9 Å². The van der Waals surface area contributed by atoms with Gasteiger partial charge < -0.3 is 10.2 Å². The maximum atomic E-state index is 5.06. The number of fused-ring (bicyclic) bond motifs is 1. The maximum absolute atomic E-state index is 5.06. The highest BCUT2D eigenvalue weighted by Crippen LogP contribution is 2.28. The Morgan fingerprint density at radius 3 is 2.66 bits per heavy atom. The van der Waals surface area contributed by atoms with Crippen molar-refractivity contribution in [2.75, 3.05) is 43.5 Å². The van der Waals surface area contributed by atoms with Crippen LogP contribution in [0.4, 0.5) is 5.82 Å². The second kappa shape index (κ2) is 9.34. The van der Waals surface area contributed by atoms with Crippen molar-refractivity contribution < 1.29 is 0 Å². The number of anilines is 1. The van der Waals surface area contributed by atoms with Gasteiger partial charge >= 0.3 is 0 Å². The van der Waals surface area contributed by atoms with Gasteiger partial charge in [0, 0.05) is 68.2 Å². The fourth-order valence-electron chi connectivity index (χ4n) is 4.27. The zero-order valence-electron chi connectivity index (χ0n) is 18.7. The molecule has 5 rings (SSSR count). The van der Waals surface area contributed by atoms with Crippen LogP contribution >= 0.6 is 11.8 Å². The third-order valence-corrected chi connectivity index (χ3v) is 6.99. The highest BCUT2D eigenvalue weighted by atomic mass is 32.2. The van der Waals surface area contributed by atoms with E-state index in [1.807, 2.05) is 43.4 Å². The Morgan fingerprint density at radius 1 is 1.06 bits per heavy atom. The molecule has 0 unspecified atom stereocenters. The lowest BCUT2D eigenvalue weighted by Crippen LogP contribution is -2.33. The van der Waals surface area contributed by atoms with Crippen molar-refractivity contribution in [3.05, 3.63) is 54.6 Å². The standard InChI is InChI=1S/C24H29N7S/c1-25-23-8-5-18(14-26-23)22-7-6-21-19(4-3-9-30-10-12-32-13-11-30)16-31(24(21)28-22)20-15-27-29(2)17-20/h5-8,14-17H,3-4,9-13H2,1-2H3,(H,25,26). The van der Waals surface area contributed by atoms with Crippen LogP contribution in [0, 0.1) is 0 Å². The molecule has 0 amide bonds. The predicted molar refractivity (Wildman–Crippen MR) is 133 cm³/mol. The largest absolute Gasteiger partial charge is 0.373 e. The number of thioether (sulfide) groups is 1. The van der Waals surface area contributed by atoms with Crippen LogP contribution in [0.2, 0.25) is 0 Å². The number of pyridine rings is 2. The van der Waals surface area contributed by atoms with Crippen LogP contribution < -0.4 is 5.32 Å². The summed E-state index contributed by atoms with van der Waals surface area (Å²) in [7, 11) is 3.82. The second-order valence-electron chi connectivity index (χ2n) is 8.20. The van der Waals surface area contributed by atoms with E-state index in [1.165, 1.54) is 35.5 Å². The summed E-state index contributed by atoms with van der Waals surface area (Å²) in [6.07, 6.45) is 10.3. The molecule has 1 fully saturated rings. The molecule has 0 atom stereocenters. The number of hydrogen-bond acceptors (Lipinski definition) is 6. The van der Waals surface area contributed by atoms with E-state index in [0.717, 1.165) is 47.8 Å². The molecule has 0 bridgehead atoms. The van der Waals surface area contributed by atoms with Gasteiger partial charge in [-0.3, -0.25) is 9.25 Å². The van der Waals surface area contributed by atoms with Crippen LogP contribution in [0.3, 0.4) is 0 Å². The van der Waals surface area contributed by atoms with Gasteiger partial charge in [-0.05, 0) is 49.2 Å². The third kappa shape index (κ3) is 4.38. The van der Waals surface area contributed by atoms with Crippen molar-refractivity contribution in [3.63, 3.8) is 0 Å². The normalized spacial score (nSPS) is 14.8. The summed E-state index contributed by atoms with van der Waals surface area (Å²) >= 11 is 2.07. The Bertz CT molecular complexity index is 1190. The summed E-state index contributed by atoms with van der Waals surface area (Å²) in [5.41, 5.74) is 5.28. The van der Waals surface area contributed by atoms with E-state index in [0.29, 0.717) is 0 Å². The van der Waals surface area contributed by atoms with E-state index < -0.39 is 0 Å². The lowest BCUT2D eigenvalue weighted by Gasteiger charge is -2.25. The average molecular weight is 448 g/mol. The van der Waals surface area contributed by atoms with E-state index >= 15 is 0 Å². The van der Waals surface area contributed by atoms with Crippen LogP contribution in [-0.4, -0.2) is 67.4 Å². The molecule has 0 radical (unpaired) electrons. The number of aromatic nitrogens is 5. The van der Waals surface area contributed by atoms with Crippen LogP contribution in [0.25, 0.3) is 28.0 Å². The first-order chi connectivity index (χ1) is 15.7. The van der Waals surface area contributed by atoms with Crippen LogP contribution in [0.15, 0.2) is 49.1 Å². The zero-order chi connectivity index (χ0) is 21.9. The van der Waals surface area contributed by atoms with Crippen molar-refractivity contribution in [1.82, 2.24) is 29.2 Å². The lowest BCUT2D eigenvalue weighted by atomic mass is 10.1. The van der Waals surface area contributed by atoms with Gasteiger partial charge in [-0.1, -0.05) is 0 Å². The highest BCUT2D eigenvalue weighted by Gasteiger charge is 2.15. The first kappa shape index (κ1) is 21.0. The minimum absolute atomic E-state index is 0.850. The molecule has 1 N–H and O–H groups in total. The Balaban J connectivity index is 1.47. The average Bonchev–Trinajstić information content (AvgIpc) is 3.43. The molecular weight excluding hydrogens is 418 g/mol. The van der Waals surface area contributed by atoms with E-state index in [2.05, 4.69) is 61.0 Å². The minimum Gasteiger partial charge on any atom is -0.373 e. The topological polar surface area (TPSA) is 63.8 Å². The molecule has 5 heterocycles. The van der Waals surface area contributed by atoms with Gasteiger partial charge in [0.1, 0.15) is 11.5 Å². The second-order valence-corrected chi connectivity index (χ2v) is 9.43. The number of rotatable bonds is 7. The first-order valence-electron chi connectivity index (χ1n) is 11.2. The lowest BCUT2D eigenvalue weighted by molar-refractivity contribution is 0.299. The van der Waals surface area contributed by atoms with E-state index in [9.17, 15) is 0 Å². The van der Waals surface area contributed by atoms with Gasteiger partial charge in [0.15, 0.2) is 0 Å². The number of aryl methyl sites for hydroxylation is 2. The van der Waals surface area contributed by atoms with Gasteiger partial charge in [0.2, 0.25) is 0 Å². The van der Waals surface area contributed by atoms with Crippen LogP contribution in [-0.2, 0) is 13.5 Å². The maximum Gasteiger partial charge on any atom is 0.145 e. The van der Waals surface area contributed by atoms with E-state index in [1.54, 1.807) is 0 Å². The predicted octanol–water partition coefficient (Wildman–Crippen LogP) is 3.84. The summed E-state index contributed by atoms with van der Waals surface area (Å²) in [4.78, 5) is 12.1. The minimum atomic E-state index is 0.850.